The summed E-state index contributed by atoms with van der Waals surface area (Å²) >= 11 is 0. The van der Waals surface area contributed by atoms with Gasteiger partial charge in [0.15, 0.2) is 11.6 Å². The highest BCUT2D eigenvalue weighted by Gasteiger charge is 2.04. The minimum atomic E-state index is -0.316. The van der Waals surface area contributed by atoms with Crippen molar-refractivity contribution in [3.8, 4) is 11.5 Å². The molecule has 0 aliphatic heterocycles. The zero-order chi connectivity index (χ0) is 11.4. The van der Waals surface area contributed by atoms with Gasteiger partial charge < -0.3 is 4.74 Å². The van der Waals surface area contributed by atoms with Gasteiger partial charge in [-0.05, 0) is 36.2 Å². The summed E-state index contributed by atoms with van der Waals surface area (Å²) in [6, 6.07) is 14.3. The Kier molecular flexibility index (Phi) is 3.20. The lowest BCUT2D eigenvalue weighted by atomic mass is 10.1. The molecule has 0 bridgehead atoms. The first-order valence-corrected chi connectivity index (χ1v) is 5.31. The number of para-hydroxylation sites is 1. The molecule has 0 aliphatic carbocycles. The van der Waals surface area contributed by atoms with E-state index in [0.717, 1.165) is 12.0 Å². The van der Waals surface area contributed by atoms with Gasteiger partial charge in [0.05, 0.1) is 0 Å². The van der Waals surface area contributed by atoms with Crippen LogP contribution in [0.2, 0.25) is 0 Å². The van der Waals surface area contributed by atoms with Crippen LogP contribution in [0.5, 0.6) is 11.5 Å². The van der Waals surface area contributed by atoms with Crippen LogP contribution in [0.4, 0.5) is 4.39 Å². The summed E-state index contributed by atoms with van der Waals surface area (Å²) in [5.74, 6) is 0.595. The maximum absolute atomic E-state index is 13.6. The standard InChI is InChI=1S/C14H13FO/c1-2-11-8-9-14(13(15)10-11)16-12-6-4-3-5-7-12/h3-10H,2H2,1H3. The first-order chi connectivity index (χ1) is 7.79. The van der Waals surface area contributed by atoms with Gasteiger partial charge in [0, 0.05) is 0 Å². The van der Waals surface area contributed by atoms with Crippen molar-refractivity contribution in [1.82, 2.24) is 0 Å². The quantitative estimate of drug-likeness (QED) is 0.747. The van der Waals surface area contributed by atoms with Crippen LogP contribution in [0.15, 0.2) is 48.5 Å². The maximum Gasteiger partial charge on any atom is 0.165 e. The highest BCUT2D eigenvalue weighted by atomic mass is 19.1. The predicted molar refractivity (Wildman–Crippen MR) is 62.3 cm³/mol. The van der Waals surface area contributed by atoms with Crippen LogP contribution < -0.4 is 4.74 Å². The topological polar surface area (TPSA) is 9.23 Å². The van der Waals surface area contributed by atoms with Crippen molar-refractivity contribution < 1.29 is 9.13 Å². The maximum atomic E-state index is 13.6. The molecule has 1 nitrogen and oxygen atoms in total. The molecule has 2 rings (SSSR count). The molecule has 2 heteroatoms. The van der Waals surface area contributed by atoms with Gasteiger partial charge in [0.25, 0.3) is 0 Å². The molecule has 16 heavy (non-hydrogen) atoms. The lowest BCUT2D eigenvalue weighted by Gasteiger charge is -2.07. The van der Waals surface area contributed by atoms with E-state index in [1.54, 1.807) is 18.2 Å². The fourth-order valence-corrected chi connectivity index (χ4v) is 1.46. The van der Waals surface area contributed by atoms with E-state index in [4.69, 9.17) is 4.74 Å². The second-order valence-corrected chi connectivity index (χ2v) is 3.53. The predicted octanol–water partition coefficient (Wildman–Crippen LogP) is 4.18. The molecule has 0 amide bonds. The third-order valence-corrected chi connectivity index (χ3v) is 2.38. The van der Waals surface area contributed by atoms with E-state index in [-0.39, 0.29) is 11.6 Å². The van der Waals surface area contributed by atoms with Gasteiger partial charge >= 0.3 is 0 Å². The van der Waals surface area contributed by atoms with Gasteiger partial charge in [-0.1, -0.05) is 31.2 Å². The summed E-state index contributed by atoms with van der Waals surface area (Å²) < 4.78 is 19.0. The molecule has 0 saturated carbocycles. The molecular formula is C14H13FO. The van der Waals surface area contributed by atoms with Gasteiger partial charge in [-0.2, -0.15) is 0 Å². The average molecular weight is 216 g/mol. The highest BCUT2D eigenvalue weighted by Crippen LogP contribution is 2.24. The fourth-order valence-electron chi connectivity index (χ4n) is 1.46. The molecule has 0 aromatic heterocycles. The molecular weight excluding hydrogens is 203 g/mol. The molecule has 0 saturated heterocycles. The molecule has 0 N–H and O–H groups in total. The third-order valence-electron chi connectivity index (χ3n) is 2.38. The van der Waals surface area contributed by atoms with Gasteiger partial charge in [0.2, 0.25) is 0 Å². The lowest BCUT2D eigenvalue weighted by molar-refractivity contribution is 0.442. The van der Waals surface area contributed by atoms with Crippen molar-refractivity contribution in [2.45, 2.75) is 13.3 Å². The molecule has 2 aromatic rings. The molecule has 0 aliphatic rings. The number of hydrogen-bond donors (Lipinski definition) is 0. The molecule has 0 atom stereocenters. The highest BCUT2D eigenvalue weighted by molar-refractivity contribution is 5.34. The number of hydrogen-bond acceptors (Lipinski definition) is 1. The van der Waals surface area contributed by atoms with E-state index < -0.39 is 0 Å². The molecule has 0 unspecified atom stereocenters. The summed E-state index contributed by atoms with van der Waals surface area (Å²) in [5.41, 5.74) is 0.970. The Morgan fingerprint density at radius 1 is 1.06 bits per heavy atom. The van der Waals surface area contributed by atoms with Gasteiger partial charge in [-0.3, -0.25) is 0 Å². The van der Waals surface area contributed by atoms with Crippen LogP contribution in [-0.4, -0.2) is 0 Å². The summed E-state index contributed by atoms with van der Waals surface area (Å²) in [7, 11) is 0. The Bertz CT molecular complexity index is 465. The van der Waals surface area contributed by atoms with E-state index in [0.29, 0.717) is 5.75 Å². The van der Waals surface area contributed by atoms with Crippen molar-refractivity contribution in [2.75, 3.05) is 0 Å². The van der Waals surface area contributed by atoms with Crippen LogP contribution in [-0.2, 0) is 6.42 Å². The second-order valence-electron chi connectivity index (χ2n) is 3.53. The zero-order valence-electron chi connectivity index (χ0n) is 9.11. The Hall–Kier alpha value is -1.83. The smallest absolute Gasteiger partial charge is 0.165 e. The minimum absolute atomic E-state index is 0.267. The minimum Gasteiger partial charge on any atom is -0.454 e. The van der Waals surface area contributed by atoms with Crippen molar-refractivity contribution in [2.24, 2.45) is 0 Å². The van der Waals surface area contributed by atoms with E-state index in [2.05, 4.69) is 0 Å². The molecule has 0 spiro atoms. The largest absolute Gasteiger partial charge is 0.454 e. The van der Waals surface area contributed by atoms with E-state index in [9.17, 15) is 4.39 Å². The number of halogens is 1. The molecule has 0 radical (unpaired) electrons. The van der Waals surface area contributed by atoms with Crippen molar-refractivity contribution in [1.29, 1.82) is 0 Å². The number of rotatable bonds is 3. The SMILES string of the molecule is CCc1ccc(Oc2ccccc2)c(F)c1. The number of ether oxygens (including phenoxy) is 1. The third kappa shape index (κ3) is 2.40. The summed E-state index contributed by atoms with van der Waals surface area (Å²) in [4.78, 5) is 0. The van der Waals surface area contributed by atoms with Crippen molar-refractivity contribution in [3.05, 3.63) is 59.9 Å². The van der Waals surface area contributed by atoms with E-state index in [1.807, 2.05) is 31.2 Å². The normalized spacial score (nSPS) is 10.1. The van der Waals surface area contributed by atoms with Crippen molar-refractivity contribution >= 4 is 0 Å². The number of aryl methyl sites for hydroxylation is 1. The van der Waals surface area contributed by atoms with Crippen molar-refractivity contribution in [3.63, 3.8) is 0 Å². The second kappa shape index (κ2) is 4.79. The van der Waals surface area contributed by atoms with E-state index in [1.165, 1.54) is 6.07 Å². The lowest BCUT2D eigenvalue weighted by Crippen LogP contribution is -1.90. The number of benzene rings is 2. The monoisotopic (exact) mass is 216 g/mol. The molecule has 0 fully saturated rings. The van der Waals surface area contributed by atoms with Crippen LogP contribution in [0.1, 0.15) is 12.5 Å². The van der Waals surface area contributed by atoms with E-state index >= 15 is 0 Å². The summed E-state index contributed by atoms with van der Waals surface area (Å²) in [5, 5.41) is 0. The summed E-state index contributed by atoms with van der Waals surface area (Å²) in [6.45, 7) is 1.99. The fraction of sp³-hybridized carbons (Fsp3) is 0.143. The first-order valence-electron chi connectivity index (χ1n) is 5.31. The van der Waals surface area contributed by atoms with Gasteiger partial charge in [-0.15, -0.1) is 0 Å². The average Bonchev–Trinajstić information content (AvgIpc) is 2.33. The Labute approximate surface area is 94.5 Å². The molecule has 2 aromatic carbocycles. The van der Waals surface area contributed by atoms with Crippen LogP contribution in [0, 0.1) is 5.82 Å². The van der Waals surface area contributed by atoms with Crippen LogP contribution in [0.3, 0.4) is 0 Å². The Morgan fingerprint density at radius 2 is 1.81 bits per heavy atom. The Balaban J connectivity index is 2.22. The molecule has 82 valence electrons. The van der Waals surface area contributed by atoms with Crippen LogP contribution >= 0.6 is 0 Å². The Morgan fingerprint density at radius 3 is 2.44 bits per heavy atom. The zero-order valence-corrected chi connectivity index (χ0v) is 9.11. The van der Waals surface area contributed by atoms with Gasteiger partial charge in [-0.25, -0.2) is 4.39 Å². The van der Waals surface area contributed by atoms with Crippen LogP contribution in [0.25, 0.3) is 0 Å². The molecule has 0 heterocycles. The first kappa shape index (κ1) is 10.7. The summed E-state index contributed by atoms with van der Waals surface area (Å²) in [6.07, 6.45) is 0.822. The van der Waals surface area contributed by atoms with Gasteiger partial charge in [0.1, 0.15) is 5.75 Å².